The van der Waals surface area contributed by atoms with Crippen LogP contribution in [0.25, 0.3) is 0 Å². The number of hydrogen-bond acceptors (Lipinski definition) is 4. The first-order chi connectivity index (χ1) is 13.0. The molecule has 4 N–H and O–H groups in total. The Hall–Kier alpha value is -3.02. The molecule has 6 nitrogen and oxygen atoms in total. The molecule has 0 aliphatic carbocycles. The van der Waals surface area contributed by atoms with Gasteiger partial charge in [0, 0.05) is 29.9 Å². The summed E-state index contributed by atoms with van der Waals surface area (Å²) in [6, 6.07) is 12.9. The van der Waals surface area contributed by atoms with Crippen LogP contribution >= 0.6 is 0 Å². The number of carboxylic acids is 1. The number of hydrogen-bond donors (Lipinski definition) is 3. The molecule has 1 aliphatic heterocycles. The first-order valence-electron chi connectivity index (χ1n) is 9.11. The predicted molar refractivity (Wildman–Crippen MR) is 106 cm³/mol. The van der Waals surface area contributed by atoms with Crippen molar-refractivity contribution in [2.75, 3.05) is 18.8 Å². The highest BCUT2D eigenvalue weighted by molar-refractivity contribution is 6.03. The molecule has 27 heavy (non-hydrogen) atoms. The number of piperidine rings is 1. The zero-order valence-electron chi connectivity index (χ0n) is 15.4. The number of aromatic hydroxyl groups is 1. The first-order valence-corrected chi connectivity index (χ1v) is 9.11. The van der Waals surface area contributed by atoms with Crippen LogP contribution in [0.4, 0.5) is 5.69 Å². The molecule has 1 heterocycles. The predicted octanol–water partition coefficient (Wildman–Crippen LogP) is 3.03. The van der Waals surface area contributed by atoms with Crippen molar-refractivity contribution in [1.82, 2.24) is 4.90 Å². The van der Waals surface area contributed by atoms with Crippen molar-refractivity contribution in [3.05, 3.63) is 59.2 Å². The van der Waals surface area contributed by atoms with Gasteiger partial charge in [-0.05, 0) is 43.5 Å². The van der Waals surface area contributed by atoms with Crippen LogP contribution < -0.4 is 5.73 Å². The standard InChI is InChI=1S/C21H25N3O3/c1-14-8-9-17(18(22)11-14)20(23-12-15-5-2-3-7-19(15)25)24-10-4-6-16(13-24)21(26)27/h2-3,5,7-9,11,16,25H,4,6,10,12-13,22H2,1H3,(H,26,27). The van der Waals surface area contributed by atoms with Crippen LogP contribution in [-0.4, -0.2) is 40.0 Å². The maximum Gasteiger partial charge on any atom is 0.308 e. The number of amidine groups is 1. The van der Waals surface area contributed by atoms with Gasteiger partial charge in [0.15, 0.2) is 0 Å². The van der Waals surface area contributed by atoms with E-state index in [-0.39, 0.29) is 5.75 Å². The van der Waals surface area contributed by atoms with Gasteiger partial charge in [-0.1, -0.05) is 24.3 Å². The lowest BCUT2D eigenvalue weighted by Gasteiger charge is -2.34. The van der Waals surface area contributed by atoms with Crippen LogP contribution in [0.2, 0.25) is 0 Å². The number of aliphatic imine (C=N–C) groups is 1. The monoisotopic (exact) mass is 367 g/mol. The molecule has 0 bridgehead atoms. The Morgan fingerprint density at radius 1 is 1.30 bits per heavy atom. The van der Waals surface area contributed by atoms with E-state index in [2.05, 4.69) is 0 Å². The number of aryl methyl sites for hydroxylation is 1. The van der Waals surface area contributed by atoms with Crippen molar-refractivity contribution in [3.63, 3.8) is 0 Å². The number of carboxylic acid groups (broad SMARTS) is 1. The minimum atomic E-state index is -0.781. The Bertz CT molecular complexity index is 864. The number of nitrogen functional groups attached to an aromatic ring is 1. The number of phenols is 1. The molecule has 142 valence electrons. The van der Waals surface area contributed by atoms with Gasteiger partial charge in [-0.2, -0.15) is 0 Å². The Kier molecular flexibility index (Phi) is 5.64. The summed E-state index contributed by atoms with van der Waals surface area (Å²) in [4.78, 5) is 18.2. The highest BCUT2D eigenvalue weighted by atomic mass is 16.4. The molecule has 1 aliphatic rings. The van der Waals surface area contributed by atoms with E-state index in [4.69, 9.17) is 10.7 Å². The number of carbonyl (C=O) groups is 1. The van der Waals surface area contributed by atoms with Crippen LogP contribution in [0, 0.1) is 12.8 Å². The third-order valence-electron chi connectivity index (χ3n) is 4.91. The number of aliphatic carboxylic acids is 1. The molecule has 1 saturated heterocycles. The molecule has 2 aromatic carbocycles. The number of likely N-dealkylation sites (tertiary alicyclic amines) is 1. The second kappa shape index (κ2) is 8.12. The van der Waals surface area contributed by atoms with Crippen LogP contribution in [0.3, 0.4) is 0 Å². The summed E-state index contributed by atoms with van der Waals surface area (Å²) >= 11 is 0. The molecule has 1 fully saturated rings. The van der Waals surface area contributed by atoms with Gasteiger partial charge >= 0.3 is 5.97 Å². The molecule has 1 unspecified atom stereocenters. The fraction of sp³-hybridized carbons (Fsp3) is 0.333. The number of benzene rings is 2. The van der Waals surface area contributed by atoms with Crippen LogP contribution in [0.5, 0.6) is 5.75 Å². The summed E-state index contributed by atoms with van der Waals surface area (Å²) in [5, 5.41) is 19.4. The molecular formula is C21H25N3O3. The normalized spacial score (nSPS) is 17.7. The van der Waals surface area contributed by atoms with E-state index in [1.54, 1.807) is 12.1 Å². The van der Waals surface area contributed by atoms with Crippen LogP contribution in [0.15, 0.2) is 47.5 Å². The van der Waals surface area contributed by atoms with Gasteiger partial charge in [-0.25, -0.2) is 0 Å². The molecule has 0 saturated carbocycles. The first kappa shape index (κ1) is 18.8. The lowest BCUT2D eigenvalue weighted by Crippen LogP contribution is -2.43. The van der Waals surface area contributed by atoms with Crippen molar-refractivity contribution in [1.29, 1.82) is 0 Å². The summed E-state index contributed by atoms with van der Waals surface area (Å²) in [5.41, 5.74) is 9.43. The Morgan fingerprint density at radius 2 is 2.07 bits per heavy atom. The van der Waals surface area contributed by atoms with Gasteiger partial charge in [0.05, 0.1) is 12.5 Å². The second-order valence-corrected chi connectivity index (χ2v) is 6.98. The Balaban J connectivity index is 1.97. The average molecular weight is 367 g/mol. The lowest BCUT2D eigenvalue weighted by atomic mass is 9.97. The summed E-state index contributed by atoms with van der Waals surface area (Å²) in [6.45, 7) is 3.41. The van der Waals surface area contributed by atoms with Gasteiger partial charge in [0.25, 0.3) is 0 Å². The van der Waals surface area contributed by atoms with Gasteiger partial charge < -0.3 is 20.8 Å². The van der Waals surface area contributed by atoms with E-state index >= 15 is 0 Å². The van der Waals surface area contributed by atoms with Crippen molar-refractivity contribution in [2.45, 2.75) is 26.3 Å². The fourth-order valence-corrected chi connectivity index (χ4v) is 3.42. The fourth-order valence-electron chi connectivity index (χ4n) is 3.42. The molecule has 3 rings (SSSR count). The smallest absolute Gasteiger partial charge is 0.308 e. The molecule has 0 spiro atoms. The largest absolute Gasteiger partial charge is 0.508 e. The third kappa shape index (κ3) is 4.39. The third-order valence-corrected chi connectivity index (χ3v) is 4.91. The van der Waals surface area contributed by atoms with Crippen molar-refractivity contribution >= 4 is 17.5 Å². The number of anilines is 1. The van der Waals surface area contributed by atoms with E-state index in [1.165, 1.54) is 0 Å². The average Bonchev–Trinajstić information content (AvgIpc) is 2.65. The number of rotatable bonds is 4. The van der Waals surface area contributed by atoms with Gasteiger partial charge in [0.2, 0.25) is 0 Å². The quantitative estimate of drug-likeness (QED) is 0.438. The second-order valence-electron chi connectivity index (χ2n) is 6.98. The van der Waals surface area contributed by atoms with Crippen LogP contribution in [-0.2, 0) is 11.3 Å². The highest BCUT2D eigenvalue weighted by Gasteiger charge is 2.28. The zero-order valence-corrected chi connectivity index (χ0v) is 15.4. The van der Waals surface area contributed by atoms with E-state index in [9.17, 15) is 15.0 Å². The highest BCUT2D eigenvalue weighted by Crippen LogP contribution is 2.24. The van der Waals surface area contributed by atoms with Gasteiger partial charge in [0.1, 0.15) is 11.6 Å². The van der Waals surface area contributed by atoms with E-state index < -0.39 is 11.9 Å². The maximum absolute atomic E-state index is 11.5. The SMILES string of the molecule is Cc1ccc(C(=NCc2ccccc2O)N2CCCC(C(=O)O)C2)c(N)c1. The number of para-hydroxylation sites is 1. The van der Waals surface area contributed by atoms with E-state index in [1.807, 2.05) is 42.2 Å². The minimum Gasteiger partial charge on any atom is -0.508 e. The molecule has 1 atom stereocenters. The summed E-state index contributed by atoms with van der Waals surface area (Å²) in [7, 11) is 0. The van der Waals surface area contributed by atoms with Crippen LogP contribution in [0.1, 0.15) is 29.5 Å². The summed E-state index contributed by atoms with van der Waals surface area (Å²) in [6.07, 6.45) is 1.46. The minimum absolute atomic E-state index is 0.194. The van der Waals surface area contributed by atoms with E-state index in [0.29, 0.717) is 36.6 Å². The summed E-state index contributed by atoms with van der Waals surface area (Å²) < 4.78 is 0. The zero-order chi connectivity index (χ0) is 19.4. The Labute approximate surface area is 159 Å². The summed E-state index contributed by atoms with van der Waals surface area (Å²) in [5.74, 6) is -0.321. The van der Waals surface area contributed by atoms with Crippen molar-refractivity contribution < 1.29 is 15.0 Å². The number of phenolic OH excluding ortho intramolecular Hbond substituents is 1. The van der Waals surface area contributed by atoms with Crippen molar-refractivity contribution in [2.24, 2.45) is 10.9 Å². The number of nitrogens with two attached hydrogens (primary N) is 1. The Morgan fingerprint density at radius 3 is 2.78 bits per heavy atom. The molecule has 2 aromatic rings. The van der Waals surface area contributed by atoms with Gasteiger partial charge in [-0.15, -0.1) is 0 Å². The van der Waals surface area contributed by atoms with Crippen molar-refractivity contribution in [3.8, 4) is 5.75 Å². The maximum atomic E-state index is 11.5. The lowest BCUT2D eigenvalue weighted by molar-refractivity contribution is -0.143. The molecule has 0 amide bonds. The van der Waals surface area contributed by atoms with Gasteiger partial charge in [-0.3, -0.25) is 9.79 Å². The molecule has 0 radical (unpaired) electrons. The molecule has 6 heteroatoms. The molecule has 0 aromatic heterocycles. The number of nitrogens with zero attached hydrogens (tertiary/aromatic N) is 2. The molecular weight excluding hydrogens is 342 g/mol. The van der Waals surface area contributed by atoms with E-state index in [0.717, 1.165) is 24.1 Å². The topological polar surface area (TPSA) is 99.2 Å².